The molecule has 1 unspecified atom stereocenters. The Morgan fingerprint density at radius 2 is 2.26 bits per heavy atom. The third-order valence-electron chi connectivity index (χ3n) is 3.10. The van der Waals surface area contributed by atoms with Crippen LogP contribution < -0.4 is 10.1 Å². The van der Waals surface area contributed by atoms with E-state index in [9.17, 15) is 0 Å². The van der Waals surface area contributed by atoms with E-state index in [4.69, 9.17) is 9.15 Å². The van der Waals surface area contributed by atoms with E-state index in [1.165, 1.54) is 0 Å². The van der Waals surface area contributed by atoms with Crippen molar-refractivity contribution in [2.24, 2.45) is 0 Å². The molecule has 1 N–H and O–H groups in total. The number of likely N-dealkylation sites (N-methyl/N-ethyl adjacent to an activating group) is 1. The summed E-state index contributed by atoms with van der Waals surface area (Å²) in [5.74, 6) is 1.60. The quantitative estimate of drug-likeness (QED) is 0.866. The number of hydrogen-bond donors (Lipinski definition) is 1. The van der Waals surface area contributed by atoms with Crippen LogP contribution in [0.4, 0.5) is 0 Å². The fourth-order valence-corrected chi connectivity index (χ4v) is 1.90. The van der Waals surface area contributed by atoms with E-state index in [0.717, 1.165) is 29.3 Å². The Bertz CT molecular complexity index is 522. The average Bonchev–Trinajstić information content (AvgIpc) is 2.86. The lowest BCUT2D eigenvalue weighted by molar-refractivity contribution is 0.414. The molecule has 0 bridgehead atoms. The number of ether oxygens (including phenoxy) is 1. The number of aromatic nitrogens is 1. The summed E-state index contributed by atoms with van der Waals surface area (Å²) in [7, 11) is 3.61. The van der Waals surface area contributed by atoms with Crippen LogP contribution in [0.3, 0.4) is 0 Å². The van der Waals surface area contributed by atoms with Crippen molar-refractivity contribution in [2.45, 2.75) is 25.8 Å². The second kappa shape index (κ2) is 6.38. The highest BCUT2D eigenvalue weighted by Gasteiger charge is 2.08. The van der Waals surface area contributed by atoms with Crippen LogP contribution in [-0.4, -0.2) is 25.2 Å². The minimum Gasteiger partial charge on any atom is -0.497 e. The van der Waals surface area contributed by atoms with Gasteiger partial charge in [0, 0.05) is 18.9 Å². The number of nitrogens with one attached hydrogen (secondary N) is 1. The van der Waals surface area contributed by atoms with E-state index in [1.54, 1.807) is 13.4 Å². The van der Waals surface area contributed by atoms with Gasteiger partial charge in [-0.1, -0.05) is 12.1 Å². The highest BCUT2D eigenvalue weighted by Crippen LogP contribution is 2.16. The summed E-state index contributed by atoms with van der Waals surface area (Å²) in [5.41, 5.74) is 2.12. The molecule has 2 rings (SSSR count). The zero-order valence-electron chi connectivity index (χ0n) is 11.6. The summed E-state index contributed by atoms with van der Waals surface area (Å²) < 4.78 is 10.7. The molecule has 4 heteroatoms. The first-order valence-electron chi connectivity index (χ1n) is 6.44. The van der Waals surface area contributed by atoms with Crippen molar-refractivity contribution in [3.05, 3.63) is 47.7 Å². The van der Waals surface area contributed by atoms with Crippen molar-refractivity contribution in [3.8, 4) is 5.75 Å². The van der Waals surface area contributed by atoms with E-state index >= 15 is 0 Å². The van der Waals surface area contributed by atoms with Crippen molar-refractivity contribution >= 4 is 0 Å². The smallest absolute Gasteiger partial charge is 0.198 e. The van der Waals surface area contributed by atoms with Crippen LogP contribution in [0.1, 0.15) is 24.1 Å². The molecule has 0 aliphatic carbocycles. The molecule has 1 aromatic carbocycles. The third-order valence-corrected chi connectivity index (χ3v) is 3.10. The van der Waals surface area contributed by atoms with Crippen LogP contribution in [0.25, 0.3) is 0 Å². The number of methoxy groups -OCH3 is 1. The van der Waals surface area contributed by atoms with Crippen molar-refractivity contribution in [2.75, 3.05) is 14.2 Å². The van der Waals surface area contributed by atoms with Crippen molar-refractivity contribution in [1.82, 2.24) is 10.3 Å². The molecule has 0 saturated heterocycles. The molecule has 4 nitrogen and oxygen atoms in total. The van der Waals surface area contributed by atoms with E-state index in [0.29, 0.717) is 12.5 Å². The first kappa shape index (κ1) is 13.6. The average molecular weight is 260 g/mol. The highest BCUT2D eigenvalue weighted by molar-refractivity contribution is 5.30. The lowest BCUT2D eigenvalue weighted by atomic mass is 10.1. The van der Waals surface area contributed by atoms with Gasteiger partial charge in [-0.3, -0.25) is 0 Å². The van der Waals surface area contributed by atoms with Gasteiger partial charge in [-0.2, -0.15) is 0 Å². The monoisotopic (exact) mass is 260 g/mol. The van der Waals surface area contributed by atoms with Crippen LogP contribution in [0.5, 0.6) is 5.75 Å². The van der Waals surface area contributed by atoms with Gasteiger partial charge >= 0.3 is 0 Å². The molecule has 0 aliphatic heterocycles. The van der Waals surface area contributed by atoms with Crippen molar-refractivity contribution in [1.29, 1.82) is 0 Å². The van der Waals surface area contributed by atoms with Crippen molar-refractivity contribution in [3.63, 3.8) is 0 Å². The molecule has 0 amide bonds. The minimum atomic E-state index is 0.398. The van der Waals surface area contributed by atoms with Crippen LogP contribution >= 0.6 is 0 Å². The van der Waals surface area contributed by atoms with E-state index in [1.807, 2.05) is 31.3 Å². The molecule has 0 saturated carbocycles. The molecule has 19 heavy (non-hydrogen) atoms. The minimum absolute atomic E-state index is 0.398. The Hall–Kier alpha value is -1.81. The Morgan fingerprint density at radius 3 is 3.00 bits per heavy atom. The predicted octanol–water partition coefficient (Wildman–Crippen LogP) is 2.42. The molecule has 2 aromatic rings. The van der Waals surface area contributed by atoms with Gasteiger partial charge < -0.3 is 14.5 Å². The van der Waals surface area contributed by atoms with Gasteiger partial charge in [0.05, 0.1) is 12.8 Å². The van der Waals surface area contributed by atoms with Crippen LogP contribution in [0.2, 0.25) is 0 Å². The molecule has 1 aromatic heterocycles. The van der Waals surface area contributed by atoms with Crippen LogP contribution in [0, 0.1) is 0 Å². The Labute approximate surface area is 113 Å². The van der Waals surface area contributed by atoms with Crippen molar-refractivity contribution < 1.29 is 9.15 Å². The maximum absolute atomic E-state index is 5.51. The number of hydrogen-bond acceptors (Lipinski definition) is 4. The molecular formula is C15H20N2O2. The number of oxazole rings is 1. The topological polar surface area (TPSA) is 47.3 Å². The summed E-state index contributed by atoms with van der Waals surface area (Å²) in [6, 6.07) is 8.35. The maximum atomic E-state index is 5.51. The van der Waals surface area contributed by atoms with Gasteiger partial charge in [0.2, 0.25) is 0 Å². The molecule has 0 radical (unpaired) electrons. The Kier molecular flexibility index (Phi) is 4.58. The fraction of sp³-hybridized carbons (Fsp3) is 0.400. The maximum Gasteiger partial charge on any atom is 0.198 e. The SMILES string of the molecule is CNC(C)Cc1coc(Cc2cccc(OC)c2)n1. The highest BCUT2D eigenvalue weighted by atomic mass is 16.5. The number of nitrogens with zero attached hydrogens (tertiary/aromatic N) is 1. The summed E-state index contributed by atoms with van der Waals surface area (Å²) in [6.07, 6.45) is 3.30. The molecule has 0 fully saturated rings. The van der Waals surface area contributed by atoms with E-state index in [-0.39, 0.29) is 0 Å². The first-order valence-corrected chi connectivity index (χ1v) is 6.44. The number of rotatable bonds is 6. The zero-order valence-corrected chi connectivity index (χ0v) is 11.6. The summed E-state index contributed by atoms with van der Waals surface area (Å²) in [6.45, 7) is 2.12. The third kappa shape index (κ3) is 3.83. The molecule has 0 spiro atoms. The standard InChI is InChI=1S/C15H20N2O2/c1-11(16-2)7-13-10-19-15(17-13)9-12-5-4-6-14(8-12)18-3/h4-6,8,10-11,16H,7,9H2,1-3H3. The Balaban J connectivity index is 2.02. The van der Waals surface area contributed by atoms with Gasteiger partial charge in [0.25, 0.3) is 0 Å². The van der Waals surface area contributed by atoms with Gasteiger partial charge in [-0.25, -0.2) is 4.98 Å². The second-order valence-electron chi connectivity index (χ2n) is 4.65. The predicted molar refractivity (Wildman–Crippen MR) is 74.5 cm³/mol. The second-order valence-corrected chi connectivity index (χ2v) is 4.65. The Morgan fingerprint density at radius 1 is 1.42 bits per heavy atom. The molecule has 1 atom stereocenters. The fourth-order valence-electron chi connectivity index (χ4n) is 1.90. The van der Waals surface area contributed by atoms with Gasteiger partial charge in [-0.15, -0.1) is 0 Å². The molecule has 1 heterocycles. The number of benzene rings is 1. The van der Waals surface area contributed by atoms with Crippen LogP contribution in [0.15, 0.2) is 34.9 Å². The van der Waals surface area contributed by atoms with Gasteiger partial charge in [-0.05, 0) is 31.7 Å². The van der Waals surface area contributed by atoms with Crippen LogP contribution in [-0.2, 0) is 12.8 Å². The normalized spacial score (nSPS) is 12.4. The van der Waals surface area contributed by atoms with E-state index in [2.05, 4.69) is 17.2 Å². The van der Waals surface area contributed by atoms with Gasteiger partial charge in [0.1, 0.15) is 12.0 Å². The van der Waals surface area contributed by atoms with E-state index < -0.39 is 0 Å². The first-order chi connectivity index (χ1) is 9.21. The van der Waals surface area contributed by atoms with Gasteiger partial charge in [0.15, 0.2) is 5.89 Å². The molecule has 102 valence electrons. The summed E-state index contributed by atoms with van der Waals surface area (Å²) in [4.78, 5) is 4.50. The zero-order chi connectivity index (χ0) is 13.7. The molecular weight excluding hydrogens is 240 g/mol. The summed E-state index contributed by atoms with van der Waals surface area (Å²) >= 11 is 0. The summed E-state index contributed by atoms with van der Waals surface area (Å²) in [5, 5.41) is 3.19. The largest absolute Gasteiger partial charge is 0.497 e. The lowest BCUT2D eigenvalue weighted by Crippen LogP contribution is -2.23. The lowest BCUT2D eigenvalue weighted by Gasteiger charge is -2.05. The molecule has 0 aliphatic rings.